The molecular weight excluding hydrogens is 400 g/mol. The summed E-state index contributed by atoms with van der Waals surface area (Å²) in [6.07, 6.45) is -1.83. The van der Waals surface area contributed by atoms with Gasteiger partial charge in [0.2, 0.25) is 0 Å². The van der Waals surface area contributed by atoms with E-state index in [1.54, 1.807) is 0 Å². The third kappa shape index (κ3) is 3.93. The second-order valence-electron chi connectivity index (χ2n) is 7.59. The number of aliphatic hydroxyl groups excluding tert-OH is 1. The zero-order valence-corrected chi connectivity index (χ0v) is 17.0. The Morgan fingerprint density at radius 2 is 2.00 bits per heavy atom. The van der Waals surface area contributed by atoms with Gasteiger partial charge in [-0.1, -0.05) is 32.8 Å². The predicted molar refractivity (Wildman–Crippen MR) is 107 cm³/mol. The number of methoxy groups -OCH3 is 1. The molecular formula is C22H22F3O3P. The first-order valence-electron chi connectivity index (χ1n) is 9.68. The molecule has 2 unspecified atom stereocenters. The van der Waals surface area contributed by atoms with Crippen molar-refractivity contribution in [2.75, 3.05) is 13.3 Å². The molecule has 1 N–H and O–H groups in total. The molecule has 2 aromatic carbocycles. The van der Waals surface area contributed by atoms with E-state index in [0.717, 1.165) is 56.1 Å². The Hall–Kier alpha value is -1.91. The van der Waals surface area contributed by atoms with Gasteiger partial charge < -0.3 is 9.84 Å². The van der Waals surface area contributed by atoms with Crippen molar-refractivity contribution < 1.29 is 27.8 Å². The van der Waals surface area contributed by atoms with E-state index in [4.69, 9.17) is 0 Å². The van der Waals surface area contributed by atoms with E-state index in [0.29, 0.717) is 19.7 Å². The average molecular weight is 422 g/mol. The van der Waals surface area contributed by atoms with Gasteiger partial charge in [-0.25, -0.2) is 4.79 Å². The number of rotatable bonds is 4. The van der Waals surface area contributed by atoms with E-state index < -0.39 is 29.4 Å². The SMILES string of the molecule is COC(=O)C(O)c1c(C(F)(F)F)ccc(C2CC2)c1-c1ccc2c(c1)CCCP2. The first-order chi connectivity index (χ1) is 13.8. The van der Waals surface area contributed by atoms with Crippen LogP contribution in [0.25, 0.3) is 11.1 Å². The molecule has 2 aromatic rings. The van der Waals surface area contributed by atoms with Crippen molar-refractivity contribution in [3.8, 4) is 11.1 Å². The number of carbonyl (C=O) groups excluding carboxylic acids is 1. The second-order valence-corrected chi connectivity index (χ2v) is 8.98. The molecule has 1 fully saturated rings. The molecule has 7 heteroatoms. The summed E-state index contributed by atoms with van der Waals surface area (Å²) in [6, 6.07) is 8.23. The molecule has 1 aliphatic carbocycles. The van der Waals surface area contributed by atoms with Gasteiger partial charge >= 0.3 is 12.1 Å². The molecule has 0 bridgehead atoms. The zero-order valence-electron chi connectivity index (χ0n) is 16.0. The summed E-state index contributed by atoms with van der Waals surface area (Å²) in [6.45, 7) is 0. The fourth-order valence-electron chi connectivity index (χ4n) is 4.08. The van der Waals surface area contributed by atoms with Crippen LogP contribution >= 0.6 is 8.58 Å². The Labute approximate surface area is 169 Å². The summed E-state index contributed by atoms with van der Waals surface area (Å²) in [7, 11) is 1.76. The quantitative estimate of drug-likeness (QED) is 0.574. The van der Waals surface area contributed by atoms with Gasteiger partial charge in [0.05, 0.1) is 12.7 Å². The van der Waals surface area contributed by atoms with Gasteiger partial charge in [0.25, 0.3) is 0 Å². The highest BCUT2D eigenvalue weighted by Gasteiger charge is 2.41. The molecule has 2 atom stereocenters. The van der Waals surface area contributed by atoms with Crippen LogP contribution in [-0.4, -0.2) is 24.3 Å². The number of aryl methyl sites for hydroxylation is 1. The Morgan fingerprint density at radius 1 is 1.24 bits per heavy atom. The van der Waals surface area contributed by atoms with Crippen LogP contribution in [0.1, 0.15) is 53.5 Å². The molecule has 0 spiro atoms. The zero-order chi connectivity index (χ0) is 20.8. The molecule has 0 aromatic heterocycles. The van der Waals surface area contributed by atoms with Crippen LogP contribution in [0.5, 0.6) is 0 Å². The first-order valence-corrected chi connectivity index (χ1v) is 10.9. The van der Waals surface area contributed by atoms with Crippen molar-refractivity contribution in [2.45, 2.75) is 43.9 Å². The van der Waals surface area contributed by atoms with Crippen LogP contribution in [0, 0.1) is 0 Å². The van der Waals surface area contributed by atoms with Crippen LogP contribution in [0.2, 0.25) is 0 Å². The van der Waals surface area contributed by atoms with Crippen LogP contribution < -0.4 is 5.30 Å². The van der Waals surface area contributed by atoms with Gasteiger partial charge in [-0.05, 0) is 71.4 Å². The van der Waals surface area contributed by atoms with E-state index in [2.05, 4.69) is 4.74 Å². The van der Waals surface area contributed by atoms with Gasteiger partial charge in [-0.3, -0.25) is 0 Å². The average Bonchev–Trinajstić information content (AvgIpc) is 3.55. The number of hydrogen-bond donors (Lipinski definition) is 1. The van der Waals surface area contributed by atoms with Crippen molar-refractivity contribution in [2.24, 2.45) is 0 Å². The number of fused-ring (bicyclic) bond motifs is 1. The normalized spacial score (nSPS) is 18.4. The lowest BCUT2D eigenvalue weighted by molar-refractivity contribution is -0.152. The van der Waals surface area contributed by atoms with Crippen molar-refractivity contribution in [3.63, 3.8) is 0 Å². The maximum atomic E-state index is 13.8. The van der Waals surface area contributed by atoms with Crippen molar-refractivity contribution in [1.82, 2.24) is 0 Å². The van der Waals surface area contributed by atoms with Gasteiger partial charge in [0, 0.05) is 5.56 Å². The maximum absolute atomic E-state index is 13.8. The molecule has 4 rings (SSSR count). The number of aliphatic hydroxyl groups is 1. The fraction of sp³-hybridized carbons (Fsp3) is 0.409. The summed E-state index contributed by atoms with van der Waals surface area (Å²) >= 11 is 0. The Morgan fingerprint density at radius 3 is 2.66 bits per heavy atom. The monoisotopic (exact) mass is 422 g/mol. The third-order valence-corrected chi connectivity index (χ3v) is 7.10. The van der Waals surface area contributed by atoms with Crippen molar-refractivity contribution in [3.05, 3.63) is 52.6 Å². The van der Waals surface area contributed by atoms with Crippen molar-refractivity contribution in [1.29, 1.82) is 0 Å². The topological polar surface area (TPSA) is 46.5 Å². The Kier molecular flexibility index (Phi) is 5.43. The number of alkyl halides is 3. The number of esters is 1. The predicted octanol–water partition coefficient (Wildman–Crippen LogP) is 4.71. The van der Waals surface area contributed by atoms with E-state index in [1.165, 1.54) is 11.4 Å². The third-order valence-electron chi connectivity index (χ3n) is 5.63. The van der Waals surface area contributed by atoms with Crippen LogP contribution in [-0.2, 0) is 22.1 Å². The largest absolute Gasteiger partial charge is 0.467 e. The Bertz CT molecular complexity index is 951. The van der Waals surface area contributed by atoms with Gasteiger partial charge in [0.1, 0.15) is 0 Å². The van der Waals surface area contributed by atoms with Crippen molar-refractivity contribution >= 4 is 19.9 Å². The summed E-state index contributed by atoms with van der Waals surface area (Å²) in [5.74, 6) is -0.946. The second kappa shape index (κ2) is 7.73. The molecule has 1 saturated carbocycles. The molecule has 3 nitrogen and oxygen atoms in total. The number of ether oxygens (including phenoxy) is 1. The number of carbonyl (C=O) groups is 1. The smallest absolute Gasteiger partial charge is 0.416 e. The lowest BCUT2D eigenvalue weighted by atomic mass is 9.85. The molecule has 154 valence electrons. The minimum absolute atomic E-state index is 0.147. The van der Waals surface area contributed by atoms with E-state index in [-0.39, 0.29) is 5.92 Å². The molecule has 0 saturated heterocycles. The highest BCUT2D eigenvalue weighted by atomic mass is 31.1. The van der Waals surface area contributed by atoms with Gasteiger partial charge in [0.15, 0.2) is 6.10 Å². The fourth-order valence-corrected chi connectivity index (χ4v) is 5.33. The summed E-state index contributed by atoms with van der Waals surface area (Å²) in [5.41, 5.74) is 1.47. The summed E-state index contributed by atoms with van der Waals surface area (Å²) in [4.78, 5) is 12.1. The van der Waals surface area contributed by atoms with Gasteiger partial charge in [-0.2, -0.15) is 13.2 Å². The standard InChI is InChI=1S/C22H22F3O3P/c1-28-21(27)20(26)19-16(22(23,24)25)8-7-15(12-4-5-12)18(19)14-6-9-17-13(11-14)3-2-10-29-17/h6-9,11-12,20,26,29H,2-5,10H2,1H3. The number of hydrogen-bond acceptors (Lipinski definition) is 3. The van der Waals surface area contributed by atoms with Gasteiger partial charge in [-0.15, -0.1) is 0 Å². The molecule has 0 radical (unpaired) electrons. The lowest BCUT2D eigenvalue weighted by Crippen LogP contribution is -2.21. The summed E-state index contributed by atoms with van der Waals surface area (Å²) in [5, 5.41) is 11.8. The number of benzene rings is 2. The lowest BCUT2D eigenvalue weighted by Gasteiger charge is -2.24. The van der Waals surface area contributed by atoms with Crippen LogP contribution in [0.4, 0.5) is 13.2 Å². The first kappa shape index (κ1) is 20.4. The van der Waals surface area contributed by atoms with E-state index in [1.807, 2.05) is 18.2 Å². The maximum Gasteiger partial charge on any atom is 0.416 e. The molecule has 1 aliphatic heterocycles. The minimum atomic E-state index is -4.70. The van der Waals surface area contributed by atoms with Crippen LogP contribution in [0.3, 0.4) is 0 Å². The molecule has 2 aliphatic rings. The van der Waals surface area contributed by atoms with E-state index >= 15 is 0 Å². The molecule has 29 heavy (non-hydrogen) atoms. The minimum Gasteiger partial charge on any atom is -0.467 e. The molecule has 1 heterocycles. The van der Waals surface area contributed by atoms with E-state index in [9.17, 15) is 23.1 Å². The highest BCUT2D eigenvalue weighted by molar-refractivity contribution is 7.47. The van der Waals surface area contributed by atoms with Crippen LogP contribution in [0.15, 0.2) is 30.3 Å². The Balaban J connectivity index is 1.98. The summed E-state index contributed by atoms with van der Waals surface area (Å²) < 4.78 is 46.1. The number of halogens is 3. The highest BCUT2D eigenvalue weighted by Crippen LogP contribution is 2.49. The molecule has 0 amide bonds.